The van der Waals surface area contributed by atoms with E-state index < -0.39 is 31.7 Å². The lowest BCUT2D eigenvalue weighted by atomic mass is 10.2. The van der Waals surface area contributed by atoms with E-state index in [0.717, 1.165) is 40.7 Å². The third-order valence-electron chi connectivity index (χ3n) is 3.66. The van der Waals surface area contributed by atoms with E-state index in [1.807, 2.05) is 0 Å². The molecule has 0 aliphatic heterocycles. The molecule has 144 valence electrons. The molecule has 1 atom stereocenters. The summed E-state index contributed by atoms with van der Waals surface area (Å²) in [6.45, 7) is 0. The van der Waals surface area contributed by atoms with Crippen LogP contribution in [0, 0.1) is 0 Å². The molecule has 0 aliphatic rings. The van der Waals surface area contributed by atoms with Gasteiger partial charge in [-0.3, -0.25) is 4.98 Å². The first-order chi connectivity index (χ1) is 12.4. The molecule has 0 spiro atoms. The Balaban J connectivity index is 2.17. The number of pyridine rings is 1. The summed E-state index contributed by atoms with van der Waals surface area (Å²) >= 11 is 0. The van der Waals surface area contributed by atoms with Gasteiger partial charge in [0.1, 0.15) is 15.6 Å². The average molecular weight is 418 g/mol. The van der Waals surface area contributed by atoms with Crippen LogP contribution in [0.25, 0.3) is 10.9 Å². The highest BCUT2D eigenvalue weighted by Crippen LogP contribution is 2.32. The van der Waals surface area contributed by atoms with Gasteiger partial charge in [0.2, 0.25) is 10.0 Å². The van der Waals surface area contributed by atoms with Crippen LogP contribution in [0.1, 0.15) is 5.56 Å². The van der Waals surface area contributed by atoms with E-state index in [0.29, 0.717) is 0 Å². The van der Waals surface area contributed by atoms with Crippen molar-refractivity contribution in [1.82, 2.24) is 8.96 Å². The minimum atomic E-state index is -4.54. The van der Waals surface area contributed by atoms with Crippen molar-refractivity contribution in [1.29, 1.82) is 0 Å². The Bertz CT molecular complexity index is 1240. The van der Waals surface area contributed by atoms with Gasteiger partial charge in [0, 0.05) is 24.0 Å². The molecule has 7 nitrogen and oxygen atoms in total. The fraction of sp³-hybridized carbons (Fsp3) is 0.133. The molecule has 0 saturated heterocycles. The van der Waals surface area contributed by atoms with Gasteiger partial charge in [-0.2, -0.15) is 17.5 Å². The van der Waals surface area contributed by atoms with E-state index in [4.69, 9.17) is 5.14 Å². The number of benzene rings is 1. The van der Waals surface area contributed by atoms with E-state index >= 15 is 0 Å². The first kappa shape index (κ1) is 19.3. The van der Waals surface area contributed by atoms with Gasteiger partial charge in [-0.25, -0.2) is 21.7 Å². The maximum absolute atomic E-state index is 12.8. The minimum absolute atomic E-state index is 0.00378. The summed E-state index contributed by atoms with van der Waals surface area (Å²) in [6.07, 6.45) is 0.284. The summed E-state index contributed by atoms with van der Waals surface area (Å²) in [5.41, 5.74) is -0.663. The van der Waals surface area contributed by atoms with Crippen LogP contribution in [0.3, 0.4) is 0 Å². The largest absolute Gasteiger partial charge is 0.416 e. The molecule has 1 unspecified atom stereocenters. The Morgan fingerprint density at radius 3 is 2.30 bits per heavy atom. The van der Waals surface area contributed by atoms with Crippen molar-refractivity contribution in [2.24, 2.45) is 9.50 Å². The fourth-order valence-electron chi connectivity index (χ4n) is 2.41. The molecule has 0 bridgehead atoms. The average Bonchev–Trinajstić information content (AvgIpc) is 2.93. The van der Waals surface area contributed by atoms with E-state index in [1.165, 1.54) is 18.5 Å². The topological polar surface area (TPSA) is 107 Å². The summed E-state index contributed by atoms with van der Waals surface area (Å²) in [7, 11) is -7.31. The number of halogens is 3. The zero-order chi connectivity index (χ0) is 20.0. The zero-order valence-corrected chi connectivity index (χ0v) is 15.3. The van der Waals surface area contributed by atoms with Gasteiger partial charge in [0.15, 0.2) is 0 Å². The molecular weight excluding hydrogens is 405 g/mol. The summed E-state index contributed by atoms with van der Waals surface area (Å²) < 4.78 is 79.4. The molecular formula is C15H13F3N4O3S2. The molecule has 0 saturated carbocycles. The third-order valence-corrected chi connectivity index (χ3v) is 6.09. The summed E-state index contributed by atoms with van der Waals surface area (Å²) in [6, 6.07) is 4.88. The molecule has 0 radical (unpaired) electrons. The van der Waals surface area contributed by atoms with Crippen molar-refractivity contribution < 1.29 is 25.8 Å². The smallest absolute Gasteiger partial charge is 0.264 e. The Hall–Kier alpha value is -2.44. The van der Waals surface area contributed by atoms with Crippen LogP contribution in [0.4, 0.5) is 18.9 Å². The predicted octanol–water partition coefficient (Wildman–Crippen LogP) is 2.90. The number of hydrogen-bond donors (Lipinski definition) is 1. The second-order valence-electron chi connectivity index (χ2n) is 5.65. The van der Waals surface area contributed by atoms with Gasteiger partial charge in [0.25, 0.3) is 0 Å². The van der Waals surface area contributed by atoms with Gasteiger partial charge in [-0.1, -0.05) is 0 Å². The van der Waals surface area contributed by atoms with Crippen molar-refractivity contribution in [2.75, 3.05) is 6.26 Å². The molecule has 0 amide bonds. The van der Waals surface area contributed by atoms with E-state index in [9.17, 15) is 25.8 Å². The fourth-order valence-corrected chi connectivity index (χ4v) is 4.29. The minimum Gasteiger partial charge on any atom is -0.264 e. The standard InChI is InChI=1S/C15H13F3N4O3S2/c1-26(23,24)22-9-13(12-8-20-7-6-14(12)22)21-27(19,25)11-4-2-10(3-5-11)15(16,17)18/h2-9H,1H3,(H2,19,21,25). The molecule has 27 heavy (non-hydrogen) atoms. The van der Waals surface area contributed by atoms with Crippen molar-refractivity contribution in [3.8, 4) is 0 Å². The van der Waals surface area contributed by atoms with E-state index in [2.05, 4.69) is 9.35 Å². The summed E-state index contributed by atoms with van der Waals surface area (Å²) in [5.74, 6) is 0. The lowest BCUT2D eigenvalue weighted by molar-refractivity contribution is -0.137. The molecule has 3 rings (SSSR count). The maximum atomic E-state index is 12.8. The maximum Gasteiger partial charge on any atom is 0.416 e. The highest BCUT2D eigenvalue weighted by molar-refractivity contribution is 7.91. The number of aromatic nitrogens is 2. The predicted molar refractivity (Wildman–Crippen MR) is 94.1 cm³/mol. The van der Waals surface area contributed by atoms with Crippen molar-refractivity contribution in [2.45, 2.75) is 11.1 Å². The van der Waals surface area contributed by atoms with Crippen molar-refractivity contribution in [3.05, 3.63) is 54.5 Å². The highest BCUT2D eigenvalue weighted by atomic mass is 32.2. The van der Waals surface area contributed by atoms with Crippen LogP contribution in [0.15, 0.2) is 58.2 Å². The molecule has 0 aliphatic carbocycles. The van der Waals surface area contributed by atoms with Crippen molar-refractivity contribution in [3.63, 3.8) is 0 Å². The van der Waals surface area contributed by atoms with Gasteiger partial charge >= 0.3 is 6.18 Å². The van der Waals surface area contributed by atoms with Crippen LogP contribution < -0.4 is 5.14 Å². The van der Waals surface area contributed by atoms with Gasteiger partial charge in [-0.15, -0.1) is 0 Å². The number of rotatable bonds is 3. The summed E-state index contributed by atoms with van der Waals surface area (Å²) in [4.78, 5) is 3.76. The zero-order valence-electron chi connectivity index (χ0n) is 13.7. The molecule has 0 fully saturated rings. The van der Waals surface area contributed by atoms with E-state index in [-0.39, 0.29) is 21.5 Å². The third kappa shape index (κ3) is 3.82. The molecule has 2 heterocycles. The first-order valence-corrected chi connectivity index (χ1v) is 10.7. The van der Waals surface area contributed by atoms with E-state index in [1.54, 1.807) is 0 Å². The van der Waals surface area contributed by atoms with Gasteiger partial charge in [0.05, 0.1) is 22.2 Å². The Labute approximate surface area is 153 Å². The Kier molecular flexibility index (Phi) is 4.52. The van der Waals surface area contributed by atoms with Crippen LogP contribution >= 0.6 is 0 Å². The Morgan fingerprint density at radius 2 is 1.74 bits per heavy atom. The van der Waals surface area contributed by atoms with Crippen LogP contribution in [0.2, 0.25) is 0 Å². The highest BCUT2D eigenvalue weighted by Gasteiger charge is 2.30. The quantitative estimate of drug-likeness (QED) is 0.706. The van der Waals surface area contributed by atoms with Gasteiger partial charge in [-0.05, 0) is 30.3 Å². The molecule has 1 aromatic carbocycles. The Morgan fingerprint density at radius 1 is 1.11 bits per heavy atom. The van der Waals surface area contributed by atoms with Gasteiger partial charge < -0.3 is 0 Å². The lowest BCUT2D eigenvalue weighted by Crippen LogP contribution is -2.13. The van der Waals surface area contributed by atoms with Crippen LogP contribution in [-0.2, 0) is 26.1 Å². The number of nitrogens with two attached hydrogens (primary N) is 1. The second kappa shape index (κ2) is 6.32. The monoisotopic (exact) mass is 418 g/mol. The number of fused-ring (bicyclic) bond motifs is 1. The second-order valence-corrected chi connectivity index (χ2v) is 9.30. The molecule has 3 aromatic rings. The molecule has 2 aromatic heterocycles. The number of nitrogens with zero attached hydrogens (tertiary/aromatic N) is 3. The molecule has 12 heteroatoms. The first-order valence-electron chi connectivity index (χ1n) is 7.27. The van der Waals surface area contributed by atoms with Crippen molar-refractivity contribution >= 4 is 36.5 Å². The number of alkyl halides is 3. The molecule has 2 N–H and O–H groups in total. The normalized spacial score (nSPS) is 14.9. The number of hydrogen-bond acceptors (Lipinski definition) is 5. The lowest BCUT2D eigenvalue weighted by Gasteiger charge is -2.08. The van der Waals surface area contributed by atoms with Crippen LogP contribution in [0.5, 0.6) is 0 Å². The summed E-state index contributed by atoms with van der Waals surface area (Å²) in [5, 5.41) is 6.02. The SMILES string of the molecule is CS(=O)(=O)n1cc(N=S(N)(=O)c2ccc(C(F)(F)F)cc2)c2cnccc21. The van der Waals surface area contributed by atoms with Crippen LogP contribution in [-0.4, -0.2) is 27.8 Å².